The van der Waals surface area contributed by atoms with Gasteiger partial charge in [0.05, 0.1) is 23.8 Å². The van der Waals surface area contributed by atoms with E-state index in [0.717, 1.165) is 17.5 Å². The molecule has 1 aromatic heterocycles. The van der Waals surface area contributed by atoms with E-state index in [1.54, 1.807) is 11.8 Å². The predicted molar refractivity (Wildman–Crippen MR) is 162 cm³/mol. The second-order valence-corrected chi connectivity index (χ2v) is 11.8. The second kappa shape index (κ2) is 13.6. The Morgan fingerprint density at radius 1 is 1.32 bits per heavy atom. The summed E-state index contributed by atoms with van der Waals surface area (Å²) in [6.07, 6.45) is 2.44. The number of allylic oxidation sites excluding steroid dienone is 1. The van der Waals surface area contributed by atoms with E-state index in [1.165, 1.54) is 17.8 Å². The van der Waals surface area contributed by atoms with Gasteiger partial charge >= 0.3 is 5.97 Å². The molecular weight excluding hydrogens is 616 g/mol. The molecule has 2 heterocycles. The van der Waals surface area contributed by atoms with Gasteiger partial charge in [0.25, 0.3) is 0 Å². The van der Waals surface area contributed by atoms with Crippen LogP contribution in [0.25, 0.3) is 0 Å². The Morgan fingerprint density at radius 2 is 2.10 bits per heavy atom. The molecule has 40 heavy (non-hydrogen) atoms. The van der Waals surface area contributed by atoms with Crippen LogP contribution in [0.3, 0.4) is 0 Å². The van der Waals surface area contributed by atoms with E-state index in [4.69, 9.17) is 35.9 Å². The van der Waals surface area contributed by atoms with Crippen LogP contribution in [0.5, 0.6) is 11.5 Å². The number of benzene rings is 2. The van der Waals surface area contributed by atoms with Crippen molar-refractivity contribution in [3.63, 3.8) is 0 Å². The fourth-order valence-corrected chi connectivity index (χ4v) is 5.86. The van der Waals surface area contributed by atoms with Crippen LogP contribution in [0.4, 0.5) is 5.95 Å². The Kier molecular flexibility index (Phi) is 10.2. The number of carbonyl (C=O) groups excluding carboxylic acids is 1. The number of hydrogen-bond donors (Lipinski definition) is 1. The fourth-order valence-electron chi connectivity index (χ4n) is 4.17. The molecule has 0 saturated heterocycles. The summed E-state index contributed by atoms with van der Waals surface area (Å²) in [5.74, 6) is 2.28. The predicted octanol–water partition coefficient (Wildman–Crippen LogP) is 7.44. The van der Waals surface area contributed by atoms with Crippen molar-refractivity contribution < 1.29 is 19.0 Å². The van der Waals surface area contributed by atoms with Crippen LogP contribution in [0.1, 0.15) is 44.4 Å². The molecule has 212 valence electrons. The lowest BCUT2D eigenvalue weighted by Crippen LogP contribution is -2.29. The van der Waals surface area contributed by atoms with Crippen molar-refractivity contribution in [2.45, 2.75) is 44.1 Å². The Labute approximate surface area is 252 Å². The molecule has 1 aliphatic rings. The molecule has 0 amide bonds. The van der Waals surface area contributed by atoms with Crippen molar-refractivity contribution in [1.29, 1.82) is 0 Å². The first-order valence-electron chi connectivity index (χ1n) is 12.8. The van der Waals surface area contributed by atoms with Gasteiger partial charge in [-0.05, 0) is 64.5 Å². The van der Waals surface area contributed by atoms with Gasteiger partial charge in [-0.15, -0.1) is 5.10 Å². The maximum Gasteiger partial charge on any atom is 0.338 e. The zero-order chi connectivity index (χ0) is 28.8. The smallest absolute Gasteiger partial charge is 0.338 e. The van der Waals surface area contributed by atoms with Crippen LogP contribution in [-0.2, 0) is 15.3 Å². The molecule has 0 spiro atoms. The number of halogens is 2. The van der Waals surface area contributed by atoms with E-state index in [1.807, 2.05) is 43.3 Å². The average molecular weight is 648 g/mol. The molecule has 1 unspecified atom stereocenters. The summed E-state index contributed by atoms with van der Waals surface area (Å²) < 4.78 is 19.7. The molecule has 1 atom stereocenters. The highest BCUT2D eigenvalue weighted by Gasteiger charge is 2.36. The number of hydrogen-bond acceptors (Lipinski definition) is 8. The number of aromatic nitrogens is 3. The molecule has 0 fully saturated rings. The molecule has 2 aromatic carbocycles. The van der Waals surface area contributed by atoms with Gasteiger partial charge in [-0.3, -0.25) is 0 Å². The van der Waals surface area contributed by atoms with Crippen LogP contribution in [-0.4, -0.2) is 41.1 Å². The molecule has 4 rings (SSSR count). The SMILES string of the molecule is C=CCOC(=O)C1=C(C)Nc2nc(SCc3ccccc3Cl)nn2C1c1cc(Br)c(OCCC(C)C)c(OC)c1. The topological polar surface area (TPSA) is 87.5 Å². The first-order chi connectivity index (χ1) is 19.2. The molecule has 3 aromatic rings. The largest absolute Gasteiger partial charge is 0.493 e. The maximum atomic E-state index is 13.3. The number of methoxy groups -OCH3 is 1. The number of thioether (sulfide) groups is 1. The standard InChI is InChI=1S/C29H32BrClN4O4S/c1-6-12-39-27(36)24-18(4)32-28-33-29(40-16-19-9-7-8-10-22(19)31)34-35(28)25(24)20-14-21(30)26(23(15-20)37-5)38-13-11-17(2)3/h6-10,14-15,17,25H,1,11-13,16H2,2-5H3,(H,32,33,34). The number of nitrogens with one attached hydrogen (secondary N) is 1. The van der Waals surface area contributed by atoms with Crippen LogP contribution >= 0.6 is 39.3 Å². The lowest BCUT2D eigenvalue weighted by molar-refractivity contribution is -0.138. The van der Waals surface area contributed by atoms with Gasteiger partial charge in [0, 0.05) is 16.5 Å². The maximum absolute atomic E-state index is 13.3. The van der Waals surface area contributed by atoms with E-state index in [9.17, 15) is 4.79 Å². The van der Waals surface area contributed by atoms with Crippen molar-refractivity contribution in [1.82, 2.24) is 14.8 Å². The Hall–Kier alpha value is -2.95. The lowest BCUT2D eigenvalue weighted by Gasteiger charge is -2.28. The molecule has 11 heteroatoms. The lowest BCUT2D eigenvalue weighted by atomic mass is 9.95. The summed E-state index contributed by atoms with van der Waals surface area (Å²) in [5, 5.41) is 9.25. The third-order valence-corrected chi connectivity index (χ3v) is 8.05. The van der Waals surface area contributed by atoms with E-state index < -0.39 is 12.0 Å². The van der Waals surface area contributed by atoms with Crippen molar-refractivity contribution >= 4 is 51.2 Å². The second-order valence-electron chi connectivity index (χ2n) is 9.56. The van der Waals surface area contributed by atoms with Crippen LogP contribution in [0.15, 0.2) is 70.0 Å². The minimum Gasteiger partial charge on any atom is -0.493 e. The fraction of sp³-hybridized carbons (Fsp3) is 0.345. The number of ether oxygens (including phenoxy) is 3. The number of nitrogens with zero attached hydrogens (tertiary/aromatic N) is 3. The molecule has 8 nitrogen and oxygen atoms in total. The van der Waals surface area contributed by atoms with Gasteiger partial charge in [0.15, 0.2) is 11.5 Å². The zero-order valence-electron chi connectivity index (χ0n) is 22.9. The molecule has 0 aliphatic carbocycles. The van der Waals surface area contributed by atoms with Crippen molar-refractivity contribution in [2.24, 2.45) is 5.92 Å². The zero-order valence-corrected chi connectivity index (χ0v) is 26.0. The van der Waals surface area contributed by atoms with Crippen molar-refractivity contribution in [3.05, 3.63) is 80.9 Å². The molecular formula is C29H32BrClN4O4S. The minimum absolute atomic E-state index is 0.0845. The Balaban J connectivity index is 1.74. The van der Waals surface area contributed by atoms with Crippen molar-refractivity contribution in [3.8, 4) is 11.5 Å². The van der Waals surface area contributed by atoms with E-state index >= 15 is 0 Å². The van der Waals surface area contributed by atoms with Gasteiger partial charge < -0.3 is 19.5 Å². The Morgan fingerprint density at radius 3 is 2.80 bits per heavy atom. The van der Waals surface area contributed by atoms with Gasteiger partial charge in [-0.2, -0.15) is 4.98 Å². The van der Waals surface area contributed by atoms with E-state index in [0.29, 0.717) is 61.6 Å². The third-order valence-electron chi connectivity index (χ3n) is 6.21. The van der Waals surface area contributed by atoms with Gasteiger partial charge in [0.2, 0.25) is 11.1 Å². The summed E-state index contributed by atoms with van der Waals surface area (Å²) in [6.45, 7) is 10.4. The van der Waals surface area contributed by atoms with Crippen molar-refractivity contribution in [2.75, 3.05) is 25.6 Å². The monoisotopic (exact) mass is 646 g/mol. The highest BCUT2D eigenvalue weighted by Crippen LogP contribution is 2.43. The van der Waals surface area contributed by atoms with Crippen LogP contribution < -0.4 is 14.8 Å². The summed E-state index contributed by atoms with van der Waals surface area (Å²) in [5.41, 5.74) is 2.76. The van der Waals surface area contributed by atoms with E-state index in [-0.39, 0.29) is 6.61 Å². The highest BCUT2D eigenvalue weighted by molar-refractivity contribution is 9.10. The van der Waals surface area contributed by atoms with Crippen LogP contribution in [0.2, 0.25) is 5.02 Å². The van der Waals surface area contributed by atoms with E-state index in [2.05, 4.69) is 41.7 Å². The van der Waals surface area contributed by atoms with Gasteiger partial charge in [-0.1, -0.05) is 68.1 Å². The number of carbonyl (C=O) groups is 1. The van der Waals surface area contributed by atoms with Gasteiger partial charge in [0.1, 0.15) is 12.6 Å². The summed E-state index contributed by atoms with van der Waals surface area (Å²) in [6, 6.07) is 10.8. The number of esters is 1. The quantitative estimate of drug-likeness (QED) is 0.123. The Bertz CT molecular complexity index is 1430. The molecule has 0 bridgehead atoms. The number of fused-ring (bicyclic) bond motifs is 1. The first kappa shape index (κ1) is 30.0. The normalized spacial score (nSPS) is 14.5. The average Bonchev–Trinajstić information content (AvgIpc) is 3.33. The molecule has 1 aliphatic heterocycles. The summed E-state index contributed by atoms with van der Waals surface area (Å²) >= 11 is 11.5. The van der Waals surface area contributed by atoms with Gasteiger partial charge in [-0.25, -0.2) is 9.48 Å². The third kappa shape index (κ3) is 6.85. The minimum atomic E-state index is -0.634. The first-order valence-corrected chi connectivity index (χ1v) is 15.0. The molecule has 1 N–H and O–H groups in total. The summed E-state index contributed by atoms with van der Waals surface area (Å²) in [7, 11) is 1.59. The summed E-state index contributed by atoms with van der Waals surface area (Å²) in [4.78, 5) is 18.0. The number of rotatable bonds is 12. The molecule has 0 saturated carbocycles. The highest BCUT2D eigenvalue weighted by atomic mass is 79.9. The number of anilines is 1. The van der Waals surface area contributed by atoms with Crippen LogP contribution in [0, 0.1) is 5.92 Å². The molecule has 0 radical (unpaired) electrons.